The van der Waals surface area contributed by atoms with Crippen LogP contribution in [0.1, 0.15) is 303 Å². The van der Waals surface area contributed by atoms with E-state index in [1.54, 1.807) is 6.08 Å². The molecule has 0 saturated carbocycles. The Morgan fingerprint density at radius 2 is 0.781 bits per heavy atom. The molecule has 0 aliphatic heterocycles. The number of likely N-dealkylation sites (N-methyl/N-ethyl adjacent to an activating group) is 1. The molecule has 9 heteroatoms. The first kappa shape index (κ1) is 71.5. The highest BCUT2D eigenvalue weighted by Crippen LogP contribution is 2.43. The summed E-state index contributed by atoms with van der Waals surface area (Å²) in [7, 11) is 1.58. The number of quaternary nitrogens is 1. The quantitative estimate of drug-likeness (QED) is 0.0243. The highest BCUT2D eigenvalue weighted by Gasteiger charge is 2.27. The molecule has 1 amide bonds. The molecule has 0 radical (unpaired) electrons. The van der Waals surface area contributed by atoms with Gasteiger partial charge in [0.15, 0.2) is 0 Å². The Bertz CT molecular complexity index is 1330. The molecule has 3 unspecified atom stereocenters. The van der Waals surface area contributed by atoms with Gasteiger partial charge >= 0.3 is 7.82 Å². The van der Waals surface area contributed by atoms with Crippen LogP contribution in [0.25, 0.3) is 0 Å². The number of nitrogens with zero attached hydrogens (tertiary/aromatic N) is 1. The van der Waals surface area contributed by atoms with E-state index in [4.69, 9.17) is 9.05 Å². The molecule has 8 nitrogen and oxygen atoms in total. The fourth-order valence-corrected chi connectivity index (χ4v) is 10.1. The number of rotatable bonds is 58. The Morgan fingerprint density at radius 1 is 0.466 bits per heavy atom. The molecule has 73 heavy (non-hydrogen) atoms. The van der Waals surface area contributed by atoms with Crippen molar-refractivity contribution in [3.8, 4) is 0 Å². The van der Waals surface area contributed by atoms with E-state index < -0.39 is 20.0 Å². The Kier molecular flexibility index (Phi) is 54.1. The van der Waals surface area contributed by atoms with Gasteiger partial charge in [0.2, 0.25) is 5.91 Å². The standard InChI is InChI=1S/C64H123N2O6P/c1-6-8-10-12-14-16-18-20-22-24-26-28-30-32-33-34-36-38-40-42-44-46-48-50-52-54-56-58-64(68)65-62(61-72-73(69,70)71-60-59-66(3,4)5)63(67)57-55-53-51-49-47-45-43-41-39-37-35-31-29-27-25-23-21-19-17-15-13-11-9-7-2/h18,20,24,26,30,32,55,57,62-63,67H,6-17,19,21-23,25,27-29,31,33-54,56,58-61H2,1-5H3,(H-,65,68,69,70)/p+1/b20-18-,26-24-,32-30-,57-55+. The number of aliphatic hydroxyl groups is 1. The summed E-state index contributed by atoms with van der Waals surface area (Å²) in [5.74, 6) is -0.176. The average molecular weight is 1050 g/mol. The van der Waals surface area contributed by atoms with Gasteiger partial charge in [0, 0.05) is 6.42 Å². The smallest absolute Gasteiger partial charge is 0.387 e. The highest BCUT2D eigenvalue weighted by atomic mass is 31.2. The third-order valence-corrected chi connectivity index (χ3v) is 15.3. The van der Waals surface area contributed by atoms with E-state index in [9.17, 15) is 19.4 Å². The van der Waals surface area contributed by atoms with Crippen molar-refractivity contribution in [2.75, 3.05) is 40.9 Å². The van der Waals surface area contributed by atoms with Gasteiger partial charge in [-0.15, -0.1) is 0 Å². The zero-order valence-electron chi connectivity index (χ0n) is 49.1. The molecule has 0 aliphatic rings. The Morgan fingerprint density at radius 3 is 1.14 bits per heavy atom. The predicted octanol–water partition coefficient (Wildman–Crippen LogP) is 19.5. The minimum atomic E-state index is -4.35. The second kappa shape index (κ2) is 55.2. The normalized spacial score (nSPS) is 14.1. The van der Waals surface area contributed by atoms with Crippen molar-refractivity contribution in [2.24, 2.45) is 0 Å². The second-order valence-corrected chi connectivity index (χ2v) is 24.2. The first-order chi connectivity index (χ1) is 35.5. The maximum atomic E-state index is 13.0. The number of hydrogen-bond donors (Lipinski definition) is 3. The first-order valence-corrected chi connectivity index (χ1v) is 33.0. The van der Waals surface area contributed by atoms with Gasteiger partial charge in [0.1, 0.15) is 13.2 Å². The van der Waals surface area contributed by atoms with Crippen molar-refractivity contribution in [2.45, 2.75) is 315 Å². The molecule has 0 heterocycles. The SMILES string of the molecule is CCCCCCC/C=C\C/C=C\C/C=C\CCCCCCCCCCCCCCC(=O)NC(COP(=O)(O)OCC[N+](C)(C)C)C(O)/C=C/CCCCCCCCCCCCCCCCCCCCCCCC. The molecule has 0 saturated heterocycles. The Labute approximate surface area is 454 Å². The molecule has 0 aromatic carbocycles. The lowest BCUT2D eigenvalue weighted by molar-refractivity contribution is -0.870. The molecule has 3 N–H and O–H groups in total. The van der Waals surface area contributed by atoms with E-state index in [1.165, 1.54) is 231 Å². The number of hydrogen-bond acceptors (Lipinski definition) is 5. The number of phosphoric acid groups is 1. The van der Waals surface area contributed by atoms with E-state index in [0.29, 0.717) is 17.4 Å². The molecule has 0 bridgehead atoms. The van der Waals surface area contributed by atoms with Crippen molar-refractivity contribution in [3.05, 3.63) is 48.6 Å². The van der Waals surface area contributed by atoms with Crippen LogP contribution < -0.4 is 5.32 Å². The van der Waals surface area contributed by atoms with Gasteiger partial charge in [-0.1, -0.05) is 287 Å². The molecule has 0 fully saturated rings. The molecular weight excluding hydrogens is 924 g/mol. The number of carbonyl (C=O) groups excluding carboxylic acids is 1. The maximum Gasteiger partial charge on any atom is 0.472 e. The van der Waals surface area contributed by atoms with Crippen LogP contribution in [0.2, 0.25) is 0 Å². The highest BCUT2D eigenvalue weighted by molar-refractivity contribution is 7.47. The van der Waals surface area contributed by atoms with Crippen molar-refractivity contribution < 1.29 is 32.9 Å². The lowest BCUT2D eigenvalue weighted by atomic mass is 10.0. The summed E-state index contributed by atoms with van der Waals surface area (Å²) in [6.07, 6.45) is 73.6. The van der Waals surface area contributed by atoms with Crippen LogP contribution in [0.5, 0.6) is 0 Å². The van der Waals surface area contributed by atoms with Crippen LogP contribution in [0.15, 0.2) is 48.6 Å². The first-order valence-electron chi connectivity index (χ1n) is 31.5. The number of aliphatic hydroxyl groups excluding tert-OH is 1. The third-order valence-electron chi connectivity index (χ3n) is 14.3. The molecule has 0 spiro atoms. The van der Waals surface area contributed by atoms with Crippen LogP contribution in [-0.4, -0.2) is 73.4 Å². The van der Waals surface area contributed by atoms with E-state index in [-0.39, 0.29) is 19.1 Å². The van der Waals surface area contributed by atoms with Crippen molar-refractivity contribution in [1.29, 1.82) is 0 Å². The summed E-state index contributed by atoms with van der Waals surface area (Å²) in [5, 5.41) is 14.0. The van der Waals surface area contributed by atoms with Gasteiger partial charge in [-0.3, -0.25) is 13.8 Å². The van der Waals surface area contributed by atoms with E-state index in [0.717, 1.165) is 51.4 Å². The monoisotopic (exact) mass is 1050 g/mol. The van der Waals surface area contributed by atoms with Crippen LogP contribution in [0.4, 0.5) is 0 Å². The summed E-state index contributed by atoms with van der Waals surface area (Å²) >= 11 is 0. The number of phosphoric ester groups is 1. The van der Waals surface area contributed by atoms with Crippen molar-refractivity contribution >= 4 is 13.7 Å². The van der Waals surface area contributed by atoms with Gasteiger partial charge in [0.25, 0.3) is 0 Å². The zero-order valence-corrected chi connectivity index (χ0v) is 50.0. The molecule has 0 aliphatic carbocycles. The summed E-state index contributed by atoms with van der Waals surface area (Å²) < 4.78 is 23.8. The van der Waals surface area contributed by atoms with Gasteiger partial charge in [-0.25, -0.2) is 4.57 Å². The van der Waals surface area contributed by atoms with E-state index in [1.807, 2.05) is 27.2 Å². The molecule has 3 atom stereocenters. The largest absolute Gasteiger partial charge is 0.472 e. The number of carbonyl (C=O) groups is 1. The summed E-state index contributed by atoms with van der Waals surface area (Å²) in [6.45, 7) is 4.84. The van der Waals surface area contributed by atoms with Gasteiger partial charge in [-0.05, 0) is 57.8 Å². The molecule has 0 aromatic heterocycles. The third kappa shape index (κ3) is 58.0. The molecular formula is C64H124N2O6P+. The van der Waals surface area contributed by atoms with Crippen LogP contribution in [0, 0.1) is 0 Å². The fourth-order valence-electron chi connectivity index (χ4n) is 9.35. The summed E-state index contributed by atoms with van der Waals surface area (Å²) in [4.78, 5) is 23.4. The lowest BCUT2D eigenvalue weighted by Gasteiger charge is -2.25. The van der Waals surface area contributed by atoms with Crippen LogP contribution in [0.3, 0.4) is 0 Å². The number of allylic oxidation sites excluding steroid dienone is 7. The Balaban J connectivity index is 4.16. The minimum Gasteiger partial charge on any atom is -0.387 e. The zero-order chi connectivity index (χ0) is 53.5. The van der Waals surface area contributed by atoms with Crippen LogP contribution >= 0.6 is 7.82 Å². The molecule has 430 valence electrons. The summed E-state index contributed by atoms with van der Waals surface area (Å²) in [5.41, 5.74) is 0. The van der Waals surface area contributed by atoms with E-state index >= 15 is 0 Å². The maximum absolute atomic E-state index is 13.0. The van der Waals surface area contributed by atoms with Gasteiger partial charge in [-0.2, -0.15) is 0 Å². The van der Waals surface area contributed by atoms with Gasteiger partial charge < -0.3 is 19.8 Å². The minimum absolute atomic E-state index is 0.0610. The molecule has 0 rings (SSSR count). The fraction of sp³-hybridized carbons (Fsp3) is 0.859. The number of unbranched alkanes of at least 4 members (excludes halogenated alkanes) is 39. The lowest BCUT2D eigenvalue weighted by Crippen LogP contribution is -2.45. The number of nitrogens with one attached hydrogen (secondary N) is 1. The van der Waals surface area contributed by atoms with E-state index in [2.05, 4.69) is 55.6 Å². The Hall–Kier alpha value is -1.54. The van der Waals surface area contributed by atoms with Crippen LogP contribution in [-0.2, 0) is 18.4 Å². The van der Waals surface area contributed by atoms with Crippen molar-refractivity contribution in [1.82, 2.24) is 5.32 Å². The second-order valence-electron chi connectivity index (χ2n) is 22.8. The van der Waals surface area contributed by atoms with Crippen molar-refractivity contribution in [3.63, 3.8) is 0 Å². The predicted molar refractivity (Wildman–Crippen MR) is 318 cm³/mol. The summed E-state index contributed by atoms with van der Waals surface area (Å²) in [6, 6.07) is -0.850. The number of amides is 1. The average Bonchev–Trinajstić information content (AvgIpc) is 3.35. The topological polar surface area (TPSA) is 105 Å². The van der Waals surface area contributed by atoms with Gasteiger partial charge in [0.05, 0.1) is 39.9 Å². The molecule has 0 aromatic rings.